The van der Waals surface area contributed by atoms with Crippen LogP contribution < -0.4 is 4.90 Å². The molecule has 10 aromatic rings. The molecule has 1 heterocycles. The molecule has 56 heavy (non-hydrogen) atoms. The van der Waals surface area contributed by atoms with Crippen LogP contribution in [0.1, 0.15) is 0 Å². The molecule has 0 bridgehead atoms. The van der Waals surface area contributed by atoms with Gasteiger partial charge in [0.05, 0.1) is 0 Å². The topological polar surface area (TPSA) is 16.4 Å². The Hall–Kier alpha value is -7.42. The van der Waals surface area contributed by atoms with Gasteiger partial charge in [-0.2, -0.15) is 0 Å². The van der Waals surface area contributed by atoms with E-state index in [1.54, 1.807) is 0 Å². The second-order valence-corrected chi connectivity index (χ2v) is 14.1. The number of benzene rings is 9. The van der Waals surface area contributed by atoms with E-state index in [-0.39, 0.29) is 0 Å². The van der Waals surface area contributed by atoms with E-state index in [0.717, 1.165) is 44.6 Å². The summed E-state index contributed by atoms with van der Waals surface area (Å²) in [6.45, 7) is 0. The molecular weight excluding hydrogens is 679 g/mol. The van der Waals surface area contributed by atoms with Gasteiger partial charge in [0.15, 0.2) is 0 Å². The Morgan fingerprint density at radius 2 is 0.625 bits per heavy atom. The Balaban J connectivity index is 1.06. The molecule has 0 aliphatic rings. The summed E-state index contributed by atoms with van der Waals surface area (Å²) in [5, 5.41) is 2.24. The lowest BCUT2D eigenvalue weighted by molar-refractivity contribution is 0.669. The van der Waals surface area contributed by atoms with Crippen LogP contribution in [0.5, 0.6) is 0 Å². The highest BCUT2D eigenvalue weighted by atomic mass is 16.3. The van der Waals surface area contributed by atoms with Gasteiger partial charge >= 0.3 is 0 Å². The van der Waals surface area contributed by atoms with Crippen LogP contribution in [0.4, 0.5) is 17.1 Å². The summed E-state index contributed by atoms with van der Waals surface area (Å²) in [6.07, 6.45) is 0. The van der Waals surface area contributed by atoms with E-state index in [2.05, 4.69) is 217 Å². The third kappa shape index (κ3) is 6.14. The van der Waals surface area contributed by atoms with Gasteiger partial charge in [0.25, 0.3) is 0 Å². The molecule has 2 heteroatoms. The highest BCUT2D eigenvalue weighted by Crippen LogP contribution is 2.43. The summed E-state index contributed by atoms with van der Waals surface area (Å²) >= 11 is 0. The van der Waals surface area contributed by atoms with E-state index in [1.807, 2.05) is 12.1 Å². The first-order valence-corrected chi connectivity index (χ1v) is 19.1. The predicted molar refractivity (Wildman–Crippen MR) is 236 cm³/mol. The summed E-state index contributed by atoms with van der Waals surface area (Å²) in [4.78, 5) is 2.31. The van der Waals surface area contributed by atoms with E-state index in [0.29, 0.717) is 0 Å². The molecule has 0 saturated carbocycles. The summed E-state index contributed by atoms with van der Waals surface area (Å²) in [5.41, 5.74) is 16.9. The molecular formula is C54H37NO. The normalized spacial score (nSPS) is 11.2. The van der Waals surface area contributed by atoms with E-state index >= 15 is 0 Å². The summed E-state index contributed by atoms with van der Waals surface area (Å²) in [5.74, 6) is 0. The van der Waals surface area contributed by atoms with Crippen molar-refractivity contribution in [1.82, 2.24) is 0 Å². The van der Waals surface area contributed by atoms with Crippen LogP contribution in [0.15, 0.2) is 229 Å². The number of fused-ring (bicyclic) bond motifs is 3. The molecule has 10 rings (SSSR count). The lowest BCUT2D eigenvalue weighted by Crippen LogP contribution is -2.09. The van der Waals surface area contributed by atoms with Crippen molar-refractivity contribution in [2.75, 3.05) is 4.90 Å². The van der Waals surface area contributed by atoms with Gasteiger partial charge < -0.3 is 9.32 Å². The SMILES string of the molecule is c1ccc(-c2ccc(N(c3ccc(-c4ccccc4-c4ccccc4-c4ccccc4-c4ccccc4)cc3)c3ccc4c(c3)oc3ccccc34)cc2)cc1. The van der Waals surface area contributed by atoms with Gasteiger partial charge in [-0.3, -0.25) is 0 Å². The minimum atomic E-state index is 0.868. The van der Waals surface area contributed by atoms with Gasteiger partial charge in [-0.25, -0.2) is 0 Å². The maximum atomic E-state index is 6.37. The van der Waals surface area contributed by atoms with Crippen molar-refractivity contribution in [2.45, 2.75) is 0 Å². The first kappa shape index (κ1) is 33.2. The molecule has 0 fully saturated rings. The molecule has 0 radical (unpaired) electrons. The highest BCUT2D eigenvalue weighted by molar-refractivity contribution is 6.06. The minimum absolute atomic E-state index is 0.868. The molecule has 0 aliphatic heterocycles. The summed E-state index contributed by atoms with van der Waals surface area (Å²) in [6, 6.07) is 80.0. The molecule has 264 valence electrons. The van der Waals surface area contributed by atoms with Crippen LogP contribution in [0, 0.1) is 0 Å². The third-order valence-corrected chi connectivity index (χ3v) is 10.7. The number of hydrogen-bond donors (Lipinski definition) is 0. The summed E-state index contributed by atoms with van der Waals surface area (Å²) in [7, 11) is 0. The molecule has 0 spiro atoms. The molecule has 0 amide bonds. The number of rotatable bonds is 8. The molecule has 0 N–H and O–H groups in total. The second kappa shape index (κ2) is 14.4. The van der Waals surface area contributed by atoms with Crippen LogP contribution in [-0.2, 0) is 0 Å². The largest absolute Gasteiger partial charge is 0.456 e. The van der Waals surface area contributed by atoms with Crippen LogP contribution in [0.25, 0.3) is 77.6 Å². The van der Waals surface area contributed by atoms with Crippen molar-refractivity contribution in [3.8, 4) is 55.6 Å². The first-order chi connectivity index (χ1) is 27.8. The molecule has 1 aromatic heterocycles. The zero-order valence-electron chi connectivity index (χ0n) is 30.7. The van der Waals surface area contributed by atoms with Gasteiger partial charge in [-0.1, -0.05) is 176 Å². The van der Waals surface area contributed by atoms with E-state index in [4.69, 9.17) is 4.42 Å². The first-order valence-electron chi connectivity index (χ1n) is 19.1. The fourth-order valence-corrected chi connectivity index (χ4v) is 8.03. The molecule has 0 aliphatic carbocycles. The van der Waals surface area contributed by atoms with Crippen molar-refractivity contribution >= 4 is 39.0 Å². The lowest BCUT2D eigenvalue weighted by Gasteiger charge is -2.26. The number of furan rings is 1. The average molecular weight is 716 g/mol. The van der Waals surface area contributed by atoms with E-state index < -0.39 is 0 Å². The van der Waals surface area contributed by atoms with Crippen LogP contribution in [-0.4, -0.2) is 0 Å². The van der Waals surface area contributed by atoms with Crippen LogP contribution >= 0.6 is 0 Å². The smallest absolute Gasteiger partial charge is 0.137 e. The fraction of sp³-hybridized carbons (Fsp3) is 0. The van der Waals surface area contributed by atoms with Crippen molar-refractivity contribution in [2.24, 2.45) is 0 Å². The number of hydrogen-bond acceptors (Lipinski definition) is 2. The van der Waals surface area contributed by atoms with Crippen molar-refractivity contribution in [3.05, 3.63) is 224 Å². The quantitative estimate of drug-likeness (QED) is 0.156. The predicted octanol–water partition coefficient (Wildman–Crippen LogP) is 15.4. The van der Waals surface area contributed by atoms with Crippen LogP contribution in [0.3, 0.4) is 0 Å². The van der Waals surface area contributed by atoms with Gasteiger partial charge in [0.1, 0.15) is 11.2 Å². The van der Waals surface area contributed by atoms with Gasteiger partial charge in [0, 0.05) is 33.9 Å². The molecule has 2 nitrogen and oxygen atoms in total. The van der Waals surface area contributed by atoms with Crippen molar-refractivity contribution in [1.29, 1.82) is 0 Å². The van der Waals surface area contributed by atoms with Gasteiger partial charge in [0.2, 0.25) is 0 Å². The Bertz CT molecular complexity index is 2940. The molecule has 0 atom stereocenters. The summed E-state index contributed by atoms with van der Waals surface area (Å²) < 4.78 is 6.37. The lowest BCUT2D eigenvalue weighted by atomic mass is 9.87. The monoisotopic (exact) mass is 715 g/mol. The number of anilines is 3. The Morgan fingerprint density at radius 3 is 1.20 bits per heavy atom. The van der Waals surface area contributed by atoms with Gasteiger partial charge in [-0.15, -0.1) is 0 Å². The Labute approximate surface area is 327 Å². The Kier molecular flexibility index (Phi) is 8.55. The van der Waals surface area contributed by atoms with Crippen LogP contribution in [0.2, 0.25) is 0 Å². The van der Waals surface area contributed by atoms with E-state index in [1.165, 1.54) is 50.1 Å². The molecule has 0 saturated heterocycles. The zero-order chi connectivity index (χ0) is 37.3. The Morgan fingerprint density at radius 1 is 0.250 bits per heavy atom. The highest BCUT2D eigenvalue weighted by Gasteiger charge is 2.18. The minimum Gasteiger partial charge on any atom is -0.456 e. The second-order valence-electron chi connectivity index (χ2n) is 14.1. The van der Waals surface area contributed by atoms with Crippen molar-refractivity contribution < 1.29 is 4.42 Å². The van der Waals surface area contributed by atoms with Crippen molar-refractivity contribution in [3.63, 3.8) is 0 Å². The standard InChI is InChI=1S/C54H37NO/c1-3-15-38(16-4-1)39-27-31-42(32-28-39)55(44-35-36-52-51-25-13-14-26-53(51)56-54(52)37-44)43-33-29-41(30-34-43)46-20-8-10-22-48(46)50-24-12-11-23-49(50)47-21-9-7-19-45(47)40-17-5-2-6-18-40/h1-37H. The fourth-order valence-electron chi connectivity index (χ4n) is 8.03. The number of para-hydroxylation sites is 1. The number of nitrogens with zero attached hydrogens (tertiary/aromatic N) is 1. The zero-order valence-corrected chi connectivity index (χ0v) is 30.7. The average Bonchev–Trinajstić information content (AvgIpc) is 3.66. The maximum absolute atomic E-state index is 6.37. The van der Waals surface area contributed by atoms with E-state index in [9.17, 15) is 0 Å². The van der Waals surface area contributed by atoms with Gasteiger partial charge in [-0.05, 0) is 98.1 Å². The third-order valence-electron chi connectivity index (χ3n) is 10.7. The molecule has 9 aromatic carbocycles. The molecule has 0 unspecified atom stereocenters. The maximum Gasteiger partial charge on any atom is 0.137 e.